The molecule has 0 spiro atoms. The molecule has 1 heterocycles. The first-order valence-corrected chi connectivity index (χ1v) is 7.33. The van der Waals surface area contributed by atoms with Crippen molar-refractivity contribution in [3.8, 4) is 0 Å². The number of nitrogens with zero attached hydrogens (tertiary/aromatic N) is 1. The van der Waals surface area contributed by atoms with Gasteiger partial charge in [-0.2, -0.15) is 0 Å². The summed E-state index contributed by atoms with van der Waals surface area (Å²) in [7, 11) is 2.02. The van der Waals surface area contributed by atoms with Crippen LogP contribution in [0, 0.1) is 0 Å². The number of rotatable bonds is 7. The Bertz CT molecular complexity index is 233. The van der Waals surface area contributed by atoms with Gasteiger partial charge in [-0.1, -0.05) is 0 Å². The van der Waals surface area contributed by atoms with E-state index >= 15 is 0 Å². The molecule has 1 saturated heterocycles. The van der Waals surface area contributed by atoms with Crippen LogP contribution in [-0.4, -0.2) is 56.1 Å². The lowest BCUT2D eigenvalue weighted by Crippen LogP contribution is -2.42. The zero-order chi connectivity index (χ0) is 13.2. The van der Waals surface area contributed by atoms with Crippen LogP contribution in [0.1, 0.15) is 32.6 Å². The van der Waals surface area contributed by atoms with Gasteiger partial charge >= 0.3 is 0 Å². The van der Waals surface area contributed by atoms with Gasteiger partial charge in [0.2, 0.25) is 0 Å². The van der Waals surface area contributed by atoms with Crippen molar-refractivity contribution < 1.29 is 9.47 Å². The molecule has 0 saturated carbocycles. The van der Waals surface area contributed by atoms with E-state index in [9.17, 15) is 0 Å². The SMILES string of the molecule is CCOCCCNC(=S)N(C)CC1CCCCO1. The van der Waals surface area contributed by atoms with Crippen molar-refractivity contribution in [3.63, 3.8) is 0 Å². The summed E-state index contributed by atoms with van der Waals surface area (Å²) >= 11 is 5.34. The third-order valence-corrected chi connectivity index (χ3v) is 3.50. The highest BCUT2D eigenvalue weighted by atomic mass is 32.1. The largest absolute Gasteiger partial charge is 0.382 e. The molecule has 18 heavy (non-hydrogen) atoms. The number of hydrogen-bond acceptors (Lipinski definition) is 3. The van der Waals surface area contributed by atoms with E-state index in [1.54, 1.807) is 0 Å². The van der Waals surface area contributed by atoms with Crippen molar-refractivity contribution in [2.75, 3.05) is 40.0 Å². The molecule has 1 unspecified atom stereocenters. The third-order valence-electron chi connectivity index (χ3n) is 3.04. The van der Waals surface area contributed by atoms with Gasteiger partial charge in [0.25, 0.3) is 0 Å². The summed E-state index contributed by atoms with van der Waals surface area (Å²) in [5.74, 6) is 0. The van der Waals surface area contributed by atoms with E-state index in [2.05, 4.69) is 10.2 Å². The third kappa shape index (κ3) is 6.52. The number of hydrogen-bond donors (Lipinski definition) is 1. The fourth-order valence-electron chi connectivity index (χ4n) is 1.99. The summed E-state index contributed by atoms with van der Waals surface area (Å²) in [6.45, 7) is 6.24. The summed E-state index contributed by atoms with van der Waals surface area (Å²) in [5, 5.41) is 4.06. The number of likely N-dealkylation sites (N-methyl/N-ethyl adjacent to an activating group) is 1. The molecule has 1 N–H and O–H groups in total. The fraction of sp³-hybridized carbons (Fsp3) is 0.923. The average molecular weight is 274 g/mol. The Labute approximate surface area is 116 Å². The lowest BCUT2D eigenvalue weighted by Gasteiger charge is -2.29. The number of nitrogens with one attached hydrogen (secondary N) is 1. The molecule has 0 amide bonds. The summed E-state index contributed by atoms with van der Waals surface area (Å²) in [6, 6.07) is 0. The van der Waals surface area contributed by atoms with Gasteiger partial charge in [0.1, 0.15) is 0 Å². The predicted octanol–water partition coefficient (Wildman–Crippen LogP) is 1.79. The van der Waals surface area contributed by atoms with Gasteiger partial charge in [-0.05, 0) is 44.8 Å². The molecule has 0 radical (unpaired) electrons. The first-order valence-electron chi connectivity index (χ1n) is 6.92. The second-order valence-electron chi connectivity index (χ2n) is 4.65. The summed E-state index contributed by atoms with van der Waals surface area (Å²) < 4.78 is 11.0. The average Bonchev–Trinajstić information content (AvgIpc) is 2.39. The van der Waals surface area contributed by atoms with Crippen LogP contribution < -0.4 is 5.32 Å². The van der Waals surface area contributed by atoms with Crippen LogP contribution in [0.2, 0.25) is 0 Å². The molecule has 1 atom stereocenters. The molecule has 0 aromatic carbocycles. The molecule has 1 aliphatic heterocycles. The molecular weight excluding hydrogens is 248 g/mol. The number of thiocarbonyl (C=S) groups is 1. The Morgan fingerprint density at radius 1 is 1.50 bits per heavy atom. The minimum atomic E-state index is 0.340. The zero-order valence-electron chi connectivity index (χ0n) is 11.6. The van der Waals surface area contributed by atoms with Gasteiger partial charge in [0.05, 0.1) is 6.10 Å². The second-order valence-corrected chi connectivity index (χ2v) is 5.04. The van der Waals surface area contributed by atoms with E-state index in [1.807, 2.05) is 14.0 Å². The Morgan fingerprint density at radius 3 is 3.00 bits per heavy atom. The first kappa shape index (κ1) is 15.7. The van der Waals surface area contributed by atoms with E-state index in [1.165, 1.54) is 12.8 Å². The fourth-order valence-corrected chi connectivity index (χ4v) is 2.17. The highest BCUT2D eigenvalue weighted by Gasteiger charge is 2.16. The van der Waals surface area contributed by atoms with Gasteiger partial charge in [-0.3, -0.25) is 0 Å². The quantitative estimate of drug-likeness (QED) is 0.565. The normalized spacial score (nSPS) is 19.6. The van der Waals surface area contributed by atoms with Crippen LogP contribution in [0.15, 0.2) is 0 Å². The number of ether oxygens (including phenoxy) is 2. The van der Waals surface area contributed by atoms with Crippen LogP contribution in [-0.2, 0) is 9.47 Å². The van der Waals surface area contributed by atoms with Crippen LogP contribution in [0.4, 0.5) is 0 Å². The van der Waals surface area contributed by atoms with E-state index in [-0.39, 0.29) is 0 Å². The molecule has 0 aromatic heterocycles. The molecule has 0 bridgehead atoms. The van der Waals surface area contributed by atoms with E-state index in [4.69, 9.17) is 21.7 Å². The van der Waals surface area contributed by atoms with Crippen LogP contribution >= 0.6 is 12.2 Å². The van der Waals surface area contributed by atoms with Crippen molar-refractivity contribution in [3.05, 3.63) is 0 Å². The monoisotopic (exact) mass is 274 g/mol. The molecule has 1 aliphatic rings. The van der Waals surface area contributed by atoms with Crippen molar-refractivity contribution in [2.24, 2.45) is 0 Å². The van der Waals surface area contributed by atoms with E-state index in [0.717, 1.165) is 50.9 Å². The van der Waals surface area contributed by atoms with Gasteiger partial charge in [-0.25, -0.2) is 0 Å². The Hall–Kier alpha value is -0.390. The van der Waals surface area contributed by atoms with Gasteiger partial charge in [0.15, 0.2) is 5.11 Å². The molecule has 0 aromatic rings. The Morgan fingerprint density at radius 2 is 2.33 bits per heavy atom. The maximum absolute atomic E-state index is 5.71. The molecule has 5 heteroatoms. The van der Waals surface area contributed by atoms with Gasteiger partial charge in [-0.15, -0.1) is 0 Å². The summed E-state index contributed by atoms with van der Waals surface area (Å²) in [4.78, 5) is 2.08. The lowest BCUT2D eigenvalue weighted by atomic mass is 10.1. The van der Waals surface area contributed by atoms with E-state index < -0.39 is 0 Å². The van der Waals surface area contributed by atoms with Gasteiger partial charge < -0.3 is 19.7 Å². The maximum Gasteiger partial charge on any atom is 0.168 e. The molecular formula is C13H26N2O2S. The molecule has 4 nitrogen and oxygen atoms in total. The van der Waals surface area contributed by atoms with Crippen LogP contribution in [0.25, 0.3) is 0 Å². The highest BCUT2D eigenvalue weighted by Crippen LogP contribution is 2.13. The van der Waals surface area contributed by atoms with Crippen molar-refractivity contribution in [1.82, 2.24) is 10.2 Å². The highest BCUT2D eigenvalue weighted by molar-refractivity contribution is 7.80. The Balaban J connectivity index is 2.08. The Kier molecular flexibility index (Phi) is 8.29. The predicted molar refractivity (Wildman–Crippen MR) is 77.9 cm³/mol. The standard InChI is InChI=1S/C13H26N2O2S/c1-3-16-9-6-8-14-13(18)15(2)11-12-7-4-5-10-17-12/h12H,3-11H2,1-2H3,(H,14,18). The maximum atomic E-state index is 5.71. The molecule has 1 fully saturated rings. The lowest BCUT2D eigenvalue weighted by molar-refractivity contribution is 0.00707. The summed E-state index contributed by atoms with van der Waals surface area (Å²) in [6.07, 6.45) is 4.94. The smallest absolute Gasteiger partial charge is 0.168 e. The van der Waals surface area contributed by atoms with Crippen molar-refractivity contribution in [1.29, 1.82) is 0 Å². The van der Waals surface area contributed by atoms with Crippen molar-refractivity contribution in [2.45, 2.75) is 38.7 Å². The molecule has 0 aliphatic carbocycles. The van der Waals surface area contributed by atoms with Crippen molar-refractivity contribution >= 4 is 17.3 Å². The van der Waals surface area contributed by atoms with Crippen LogP contribution in [0.5, 0.6) is 0 Å². The summed E-state index contributed by atoms with van der Waals surface area (Å²) in [5.41, 5.74) is 0. The van der Waals surface area contributed by atoms with Gasteiger partial charge in [0, 0.05) is 40.0 Å². The van der Waals surface area contributed by atoms with E-state index in [0.29, 0.717) is 6.10 Å². The van der Waals surface area contributed by atoms with Crippen LogP contribution in [0.3, 0.4) is 0 Å². The molecule has 1 rings (SSSR count). The topological polar surface area (TPSA) is 33.7 Å². The minimum Gasteiger partial charge on any atom is -0.382 e. The zero-order valence-corrected chi connectivity index (χ0v) is 12.4. The second kappa shape index (κ2) is 9.53. The molecule has 106 valence electrons. The minimum absolute atomic E-state index is 0.340. The first-order chi connectivity index (χ1) is 8.74.